The van der Waals surface area contributed by atoms with E-state index in [0.717, 1.165) is 32.2 Å². The third-order valence-corrected chi connectivity index (χ3v) is 4.16. The van der Waals surface area contributed by atoms with E-state index in [0.29, 0.717) is 43.7 Å². The van der Waals surface area contributed by atoms with E-state index >= 15 is 0 Å². The van der Waals surface area contributed by atoms with Gasteiger partial charge in [-0.2, -0.15) is 0 Å². The fourth-order valence-electron chi connectivity index (χ4n) is 2.73. The van der Waals surface area contributed by atoms with Gasteiger partial charge in [-0.3, -0.25) is 9.59 Å². The number of nitrogens with one attached hydrogen (secondary N) is 2. The monoisotopic (exact) mass is 297 g/mol. The molecule has 122 valence electrons. The van der Waals surface area contributed by atoms with E-state index < -0.39 is 0 Å². The van der Waals surface area contributed by atoms with E-state index in [2.05, 4.69) is 24.5 Å². The minimum absolute atomic E-state index is 0.00690. The van der Waals surface area contributed by atoms with Crippen LogP contribution in [0.15, 0.2) is 0 Å². The minimum atomic E-state index is 0.00690. The van der Waals surface area contributed by atoms with Gasteiger partial charge < -0.3 is 16.4 Å². The maximum absolute atomic E-state index is 11.8. The lowest BCUT2D eigenvalue weighted by Crippen LogP contribution is -2.33. The van der Waals surface area contributed by atoms with Gasteiger partial charge in [0.1, 0.15) is 0 Å². The van der Waals surface area contributed by atoms with Crippen molar-refractivity contribution in [3.8, 4) is 0 Å². The highest BCUT2D eigenvalue weighted by Gasteiger charge is 2.22. The van der Waals surface area contributed by atoms with E-state index in [-0.39, 0.29) is 11.8 Å². The van der Waals surface area contributed by atoms with E-state index in [9.17, 15) is 9.59 Å². The van der Waals surface area contributed by atoms with E-state index in [1.807, 2.05) is 0 Å². The summed E-state index contributed by atoms with van der Waals surface area (Å²) in [4.78, 5) is 23.4. The highest BCUT2D eigenvalue weighted by atomic mass is 16.2. The summed E-state index contributed by atoms with van der Waals surface area (Å²) in [5.74, 6) is 1.67. The number of hydrogen-bond acceptors (Lipinski definition) is 3. The van der Waals surface area contributed by atoms with Crippen LogP contribution in [0.2, 0.25) is 0 Å². The van der Waals surface area contributed by atoms with Crippen molar-refractivity contribution in [3.05, 3.63) is 0 Å². The third-order valence-electron chi connectivity index (χ3n) is 4.16. The van der Waals surface area contributed by atoms with Crippen LogP contribution in [0, 0.1) is 17.8 Å². The maximum Gasteiger partial charge on any atom is 0.221 e. The number of rotatable bonds is 8. The Morgan fingerprint density at radius 1 is 1.05 bits per heavy atom. The van der Waals surface area contributed by atoms with Crippen LogP contribution in [0.4, 0.5) is 0 Å². The Kier molecular flexibility index (Phi) is 8.35. The van der Waals surface area contributed by atoms with Crippen LogP contribution in [0.25, 0.3) is 0 Å². The molecule has 1 saturated carbocycles. The molecule has 0 aromatic carbocycles. The van der Waals surface area contributed by atoms with E-state index in [1.165, 1.54) is 0 Å². The van der Waals surface area contributed by atoms with Gasteiger partial charge >= 0.3 is 0 Å². The molecular weight excluding hydrogens is 266 g/mol. The van der Waals surface area contributed by atoms with Crippen molar-refractivity contribution in [3.63, 3.8) is 0 Å². The maximum atomic E-state index is 11.8. The van der Waals surface area contributed by atoms with Gasteiger partial charge in [0.2, 0.25) is 11.8 Å². The fourth-order valence-corrected chi connectivity index (χ4v) is 2.73. The van der Waals surface area contributed by atoms with E-state index in [1.54, 1.807) is 0 Å². The summed E-state index contributed by atoms with van der Waals surface area (Å²) in [6, 6.07) is 0. The summed E-state index contributed by atoms with van der Waals surface area (Å²) in [5.41, 5.74) is 5.67. The van der Waals surface area contributed by atoms with Crippen molar-refractivity contribution < 1.29 is 9.59 Å². The molecule has 0 heterocycles. The molecule has 5 nitrogen and oxygen atoms in total. The first-order valence-corrected chi connectivity index (χ1v) is 8.24. The van der Waals surface area contributed by atoms with Crippen LogP contribution in [-0.4, -0.2) is 31.4 Å². The van der Waals surface area contributed by atoms with Gasteiger partial charge in [-0.25, -0.2) is 0 Å². The average Bonchev–Trinajstić information content (AvgIpc) is 2.46. The first-order valence-electron chi connectivity index (χ1n) is 8.24. The third kappa shape index (κ3) is 8.05. The molecule has 0 unspecified atom stereocenters. The van der Waals surface area contributed by atoms with Gasteiger partial charge in [-0.15, -0.1) is 0 Å². The molecule has 1 aliphatic carbocycles. The lowest BCUT2D eigenvalue weighted by atomic mass is 9.80. The van der Waals surface area contributed by atoms with Crippen molar-refractivity contribution >= 4 is 11.8 Å². The van der Waals surface area contributed by atoms with Crippen LogP contribution in [0.1, 0.15) is 52.4 Å². The molecule has 0 aromatic heterocycles. The zero-order chi connectivity index (χ0) is 15.7. The molecule has 0 atom stereocenters. The van der Waals surface area contributed by atoms with Gasteiger partial charge in [-0.05, 0) is 50.0 Å². The second-order valence-corrected chi connectivity index (χ2v) is 6.62. The molecule has 21 heavy (non-hydrogen) atoms. The zero-order valence-corrected chi connectivity index (χ0v) is 13.5. The zero-order valence-electron chi connectivity index (χ0n) is 13.5. The fraction of sp³-hybridized carbons (Fsp3) is 0.875. The van der Waals surface area contributed by atoms with Crippen molar-refractivity contribution in [2.45, 2.75) is 52.4 Å². The first kappa shape index (κ1) is 18.0. The molecule has 1 rings (SSSR count). The van der Waals surface area contributed by atoms with Crippen molar-refractivity contribution in [2.24, 2.45) is 23.5 Å². The summed E-state index contributed by atoms with van der Waals surface area (Å²) >= 11 is 0. The smallest absolute Gasteiger partial charge is 0.221 e. The summed E-state index contributed by atoms with van der Waals surface area (Å²) in [6.45, 7) is 6.01. The second-order valence-electron chi connectivity index (χ2n) is 6.62. The highest BCUT2D eigenvalue weighted by molar-refractivity contribution is 5.79. The van der Waals surface area contributed by atoms with E-state index in [4.69, 9.17) is 5.73 Å². The van der Waals surface area contributed by atoms with Crippen LogP contribution in [0.5, 0.6) is 0 Å². The summed E-state index contributed by atoms with van der Waals surface area (Å²) in [7, 11) is 0. The number of amides is 2. The molecule has 0 aliphatic heterocycles. The predicted octanol–water partition coefficient (Wildman–Crippen LogP) is 1.42. The highest BCUT2D eigenvalue weighted by Crippen LogP contribution is 2.29. The molecule has 0 aromatic rings. The lowest BCUT2D eigenvalue weighted by molar-refractivity contribution is -0.123. The topological polar surface area (TPSA) is 84.2 Å². The number of carbonyl (C=O) groups is 2. The van der Waals surface area contributed by atoms with Crippen LogP contribution < -0.4 is 16.4 Å². The molecular formula is C16H31N3O2. The average molecular weight is 297 g/mol. The number of nitrogens with two attached hydrogens (primary N) is 1. The SMILES string of the molecule is CC(C)CNC(=O)CCNC(=O)CC1CCC(CN)CC1. The molecule has 0 spiro atoms. The quantitative estimate of drug-likeness (QED) is 0.633. The Morgan fingerprint density at radius 2 is 1.67 bits per heavy atom. The molecule has 5 heteroatoms. The predicted molar refractivity (Wildman–Crippen MR) is 84.6 cm³/mol. The van der Waals surface area contributed by atoms with Gasteiger partial charge in [0, 0.05) is 25.9 Å². The summed E-state index contributed by atoms with van der Waals surface area (Å²) < 4.78 is 0. The normalized spacial score (nSPS) is 22.1. The molecule has 1 fully saturated rings. The molecule has 1 aliphatic rings. The Morgan fingerprint density at radius 3 is 2.24 bits per heavy atom. The molecule has 2 amide bonds. The summed E-state index contributed by atoms with van der Waals surface area (Å²) in [5, 5.41) is 5.70. The Bertz CT molecular complexity index is 323. The molecule has 0 saturated heterocycles. The van der Waals surface area contributed by atoms with Crippen LogP contribution in [-0.2, 0) is 9.59 Å². The van der Waals surface area contributed by atoms with Gasteiger partial charge in [-0.1, -0.05) is 13.8 Å². The standard InChI is InChI=1S/C16H31N3O2/c1-12(2)11-19-15(20)7-8-18-16(21)9-13-3-5-14(10-17)6-4-13/h12-14H,3-11,17H2,1-2H3,(H,18,21)(H,19,20). The lowest BCUT2D eigenvalue weighted by Gasteiger charge is -2.27. The number of hydrogen-bond donors (Lipinski definition) is 3. The van der Waals surface area contributed by atoms with Gasteiger partial charge in [0.05, 0.1) is 0 Å². The Hall–Kier alpha value is -1.10. The number of carbonyl (C=O) groups excluding carboxylic acids is 2. The largest absolute Gasteiger partial charge is 0.356 e. The first-order chi connectivity index (χ1) is 10.0. The van der Waals surface area contributed by atoms with Crippen molar-refractivity contribution in [1.29, 1.82) is 0 Å². The van der Waals surface area contributed by atoms with Crippen LogP contribution >= 0.6 is 0 Å². The van der Waals surface area contributed by atoms with Gasteiger partial charge in [0.15, 0.2) is 0 Å². The molecule has 0 radical (unpaired) electrons. The van der Waals surface area contributed by atoms with Crippen LogP contribution in [0.3, 0.4) is 0 Å². The Balaban J connectivity index is 2.07. The molecule has 4 N–H and O–H groups in total. The minimum Gasteiger partial charge on any atom is -0.356 e. The Labute approximate surface area is 128 Å². The van der Waals surface area contributed by atoms with Gasteiger partial charge in [0.25, 0.3) is 0 Å². The second kappa shape index (κ2) is 9.77. The van der Waals surface area contributed by atoms with Crippen molar-refractivity contribution in [1.82, 2.24) is 10.6 Å². The van der Waals surface area contributed by atoms with Crippen molar-refractivity contribution in [2.75, 3.05) is 19.6 Å². The molecule has 0 bridgehead atoms. The summed E-state index contributed by atoms with van der Waals surface area (Å²) in [6.07, 6.45) is 5.44.